The van der Waals surface area contributed by atoms with Gasteiger partial charge in [-0.2, -0.15) is 5.26 Å². The molecule has 0 aromatic heterocycles. The summed E-state index contributed by atoms with van der Waals surface area (Å²) in [6, 6.07) is 17.5. The van der Waals surface area contributed by atoms with Crippen molar-refractivity contribution in [1.29, 1.82) is 5.26 Å². The van der Waals surface area contributed by atoms with Crippen LogP contribution in [0, 0.1) is 11.3 Å². The molecule has 0 saturated carbocycles. The zero-order chi connectivity index (χ0) is 20.1. The average Bonchev–Trinajstić information content (AvgIpc) is 2.70. The fourth-order valence-electron chi connectivity index (χ4n) is 2.93. The first kappa shape index (κ1) is 19.5. The van der Waals surface area contributed by atoms with Crippen LogP contribution in [0.25, 0.3) is 5.57 Å². The highest BCUT2D eigenvalue weighted by Crippen LogP contribution is 2.46. The molecule has 3 rings (SSSR count). The van der Waals surface area contributed by atoms with E-state index in [9.17, 15) is 14.9 Å². The summed E-state index contributed by atoms with van der Waals surface area (Å²) in [5, 5.41) is 21.3. The fraction of sp³-hybridized carbons (Fsp3) is 0.136. The van der Waals surface area contributed by atoms with Gasteiger partial charge in [-0.05, 0) is 36.6 Å². The highest BCUT2D eigenvalue weighted by molar-refractivity contribution is 7.99. The Kier molecular flexibility index (Phi) is 5.97. The van der Waals surface area contributed by atoms with E-state index in [0.717, 1.165) is 20.9 Å². The number of carbonyl (C=O) groups is 2. The van der Waals surface area contributed by atoms with Crippen molar-refractivity contribution >= 4 is 29.2 Å². The largest absolute Gasteiger partial charge is 0.478 e. The van der Waals surface area contributed by atoms with Crippen molar-refractivity contribution in [2.45, 2.75) is 23.1 Å². The normalized spacial score (nSPS) is 12.4. The first-order chi connectivity index (χ1) is 13.5. The van der Waals surface area contributed by atoms with E-state index >= 15 is 0 Å². The van der Waals surface area contributed by atoms with Crippen molar-refractivity contribution in [2.75, 3.05) is 6.54 Å². The number of hydrogen-bond donors (Lipinski definition) is 2. The van der Waals surface area contributed by atoms with Crippen molar-refractivity contribution in [3.05, 3.63) is 76.9 Å². The number of fused-ring (bicyclic) bond motifs is 2. The molecule has 2 aromatic carbocycles. The molecule has 140 valence electrons. The molecule has 0 atom stereocenters. The maximum atomic E-state index is 12.7. The van der Waals surface area contributed by atoms with Gasteiger partial charge in [-0.1, -0.05) is 54.2 Å². The van der Waals surface area contributed by atoms with Gasteiger partial charge in [0.05, 0.1) is 0 Å². The third-order valence-corrected chi connectivity index (χ3v) is 5.49. The molecule has 28 heavy (non-hydrogen) atoms. The molecule has 1 aliphatic heterocycles. The summed E-state index contributed by atoms with van der Waals surface area (Å²) in [5.74, 6) is -1.45. The van der Waals surface area contributed by atoms with E-state index in [0.29, 0.717) is 12.0 Å². The number of carboxylic acids is 1. The maximum Gasteiger partial charge on any atom is 0.330 e. The van der Waals surface area contributed by atoms with E-state index in [1.165, 1.54) is 6.92 Å². The number of amides is 1. The van der Waals surface area contributed by atoms with Gasteiger partial charge in [-0.15, -0.1) is 0 Å². The van der Waals surface area contributed by atoms with Gasteiger partial charge < -0.3 is 10.4 Å². The average molecular weight is 390 g/mol. The summed E-state index contributed by atoms with van der Waals surface area (Å²) in [5.41, 5.74) is 2.63. The second-order valence-electron chi connectivity index (χ2n) is 6.19. The van der Waals surface area contributed by atoms with Crippen LogP contribution in [0.15, 0.2) is 75.5 Å². The molecule has 5 nitrogen and oxygen atoms in total. The fourth-order valence-corrected chi connectivity index (χ4v) is 4.02. The molecule has 2 N–H and O–H groups in total. The first-order valence-electron chi connectivity index (χ1n) is 8.72. The van der Waals surface area contributed by atoms with Crippen molar-refractivity contribution in [2.24, 2.45) is 0 Å². The Hall–Kier alpha value is -3.30. The Morgan fingerprint density at radius 3 is 2.21 bits per heavy atom. The summed E-state index contributed by atoms with van der Waals surface area (Å²) in [7, 11) is 0. The van der Waals surface area contributed by atoms with Gasteiger partial charge in [0.15, 0.2) is 0 Å². The number of nitrogens with zero attached hydrogens (tertiary/aromatic N) is 1. The van der Waals surface area contributed by atoms with Crippen molar-refractivity contribution < 1.29 is 14.7 Å². The van der Waals surface area contributed by atoms with Crippen molar-refractivity contribution in [1.82, 2.24) is 5.32 Å². The van der Waals surface area contributed by atoms with Gasteiger partial charge >= 0.3 is 5.97 Å². The number of nitriles is 1. The summed E-state index contributed by atoms with van der Waals surface area (Å²) in [6.45, 7) is 1.75. The van der Waals surface area contributed by atoms with E-state index in [-0.39, 0.29) is 17.7 Å². The molecule has 6 heteroatoms. The Bertz CT molecular complexity index is 1000. The summed E-state index contributed by atoms with van der Waals surface area (Å²) < 4.78 is 0. The lowest BCUT2D eigenvalue weighted by atomic mass is 9.92. The number of carboxylic acid groups (broad SMARTS) is 1. The summed E-state index contributed by atoms with van der Waals surface area (Å²) in [6.07, 6.45) is 1.92. The van der Waals surface area contributed by atoms with E-state index in [1.54, 1.807) is 17.8 Å². The maximum absolute atomic E-state index is 12.7. The van der Waals surface area contributed by atoms with Crippen LogP contribution in [0.2, 0.25) is 0 Å². The topological polar surface area (TPSA) is 90.2 Å². The molecule has 0 saturated heterocycles. The molecule has 0 bridgehead atoms. The number of hydrogen-bond acceptors (Lipinski definition) is 4. The Balaban J connectivity index is 1.94. The minimum atomic E-state index is -0.987. The first-order valence-corrected chi connectivity index (χ1v) is 9.54. The summed E-state index contributed by atoms with van der Waals surface area (Å²) >= 11 is 1.61. The van der Waals surface area contributed by atoms with E-state index in [1.807, 2.05) is 48.5 Å². The lowest BCUT2D eigenvalue weighted by Crippen LogP contribution is -2.26. The Morgan fingerprint density at radius 2 is 1.68 bits per heavy atom. The molecule has 1 amide bonds. The Labute approximate surface area is 167 Å². The molecule has 0 fully saturated rings. The molecule has 0 spiro atoms. The highest BCUT2D eigenvalue weighted by atomic mass is 32.2. The molecule has 0 aliphatic carbocycles. The SMILES string of the molecule is CC(=CCCNC(=O)C(C#N)=C1c2ccccc2Sc2ccccc21)C(=O)O. The number of rotatable bonds is 5. The van der Waals surface area contributed by atoms with Crippen molar-refractivity contribution in [3.63, 3.8) is 0 Å². The van der Waals surface area contributed by atoms with Crippen LogP contribution >= 0.6 is 11.8 Å². The van der Waals surface area contributed by atoms with Gasteiger partial charge in [0.1, 0.15) is 11.6 Å². The second-order valence-corrected chi connectivity index (χ2v) is 7.28. The van der Waals surface area contributed by atoms with Gasteiger partial charge in [-0.3, -0.25) is 4.79 Å². The number of carbonyl (C=O) groups excluding carboxylic acids is 1. The molecule has 0 radical (unpaired) electrons. The third kappa shape index (κ3) is 4.00. The van der Waals surface area contributed by atoms with E-state index in [2.05, 4.69) is 11.4 Å². The van der Waals surface area contributed by atoms with Gasteiger partial charge in [0.25, 0.3) is 5.91 Å². The van der Waals surface area contributed by atoms with Gasteiger partial charge in [0.2, 0.25) is 0 Å². The lowest BCUT2D eigenvalue weighted by Gasteiger charge is -2.22. The van der Waals surface area contributed by atoms with E-state index < -0.39 is 11.9 Å². The number of nitrogens with one attached hydrogen (secondary N) is 1. The van der Waals surface area contributed by atoms with Crippen LogP contribution in [0.5, 0.6) is 0 Å². The molecular weight excluding hydrogens is 372 g/mol. The van der Waals surface area contributed by atoms with Crippen molar-refractivity contribution in [3.8, 4) is 6.07 Å². The highest BCUT2D eigenvalue weighted by Gasteiger charge is 2.26. The lowest BCUT2D eigenvalue weighted by molar-refractivity contribution is -0.132. The van der Waals surface area contributed by atoms with Gasteiger partial charge in [-0.25, -0.2) is 4.79 Å². The zero-order valence-corrected chi connectivity index (χ0v) is 16.0. The standard InChI is InChI=1S/C22H18N2O3S/c1-14(22(26)27)7-6-12-24-21(25)17(13-23)20-15-8-2-4-10-18(15)28-19-11-5-3-9-16(19)20/h2-5,7-11H,6,12H2,1H3,(H,24,25)(H,26,27). The number of benzene rings is 2. The minimum absolute atomic E-state index is 0.0548. The predicted molar refractivity (Wildman–Crippen MR) is 108 cm³/mol. The molecular formula is C22H18N2O3S. The van der Waals surface area contributed by atoms with Crippen LogP contribution in [-0.4, -0.2) is 23.5 Å². The summed E-state index contributed by atoms with van der Waals surface area (Å²) in [4.78, 5) is 25.5. The number of aliphatic carboxylic acids is 1. The van der Waals surface area contributed by atoms with E-state index in [4.69, 9.17) is 5.11 Å². The smallest absolute Gasteiger partial charge is 0.330 e. The van der Waals surface area contributed by atoms with Crippen LogP contribution in [0.3, 0.4) is 0 Å². The van der Waals surface area contributed by atoms with Crippen LogP contribution in [0.1, 0.15) is 24.5 Å². The Morgan fingerprint density at radius 1 is 1.11 bits per heavy atom. The van der Waals surface area contributed by atoms with Crippen LogP contribution < -0.4 is 5.32 Å². The molecule has 1 heterocycles. The molecule has 0 unspecified atom stereocenters. The quantitative estimate of drug-likeness (QED) is 0.390. The molecule has 2 aromatic rings. The third-order valence-electron chi connectivity index (χ3n) is 4.34. The monoisotopic (exact) mass is 390 g/mol. The predicted octanol–water partition coefficient (Wildman–Crippen LogP) is 4.01. The van der Waals surface area contributed by atoms with Crippen LogP contribution in [-0.2, 0) is 9.59 Å². The molecule has 1 aliphatic rings. The zero-order valence-electron chi connectivity index (χ0n) is 15.2. The van der Waals surface area contributed by atoms with Crippen LogP contribution in [0.4, 0.5) is 0 Å². The minimum Gasteiger partial charge on any atom is -0.478 e. The second kappa shape index (κ2) is 8.59. The van der Waals surface area contributed by atoms with Gasteiger partial charge in [0, 0.05) is 27.5 Å².